The number of hydrogen-bond acceptors (Lipinski definition) is 3. The minimum absolute atomic E-state index is 0.00623. The number of carbonyl (C=O) groups is 1. The maximum Gasteiger partial charge on any atom is 0.251 e. The lowest BCUT2D eigenvalue weighted by atomic mass is 10.2. The zero-order valence-corrected chi connectivity index (χ0v) is 13.9. The van der Waals surface area contributed by atoms with Crippen molar-refractivity contribution in [3.05, 3.63) is 65.2 Å². The van der Waals surface area contributed by atoms with E-state index in [-0.39, 0.29) is 23.0 Å². The summed E-state index contributed by atoms with van der Waals surface area (Å²) in [7, 11) is -3.51. The van der Waals surface area contributed by atoms with Gasteiger partial charge in [0.15, 0.2) is 11.6 Å². The quantitative estimate of drug-likeness (QED) is 0.824. The third kappa shape index (κ3) is 4.40. The highest BCUT2D eigenvalue weighted by Crippen LogP contribution is 2.22. The number of benzene rings is 2. The molecule has 2 aromatic carbocycles. The van der Waals surface area contributed by atoms with Gasteiger partial charge in [-0.3, -0.25) is 4.79 Å². The van der Waals surface area contributed by atoms with E-state index in [0.717, 1.165) is 25.0 Å². The number of carbonyl (C=O) groups excluding carboxylic acids is 1. The van der Waals surface area contributed by atoms with Crippen LogP contribution >= 0.6 is 0 Å². The number of amides is 1. The van der Waals surface area contributed by atoms with Gasteiger partial charge in [0.1, 0.15) is 0 Å². The van der Waals surface area contributed by atoms with Crippen LogP contribution in [-0.2, 0) is 16.6 Å². The van der Waals surface area contributed by atoms with Crippen LogP contribution in [0.3, 0.4) is 0 Å². The summed E-state index contributed by atoms with van der Waals surface area (Å²) in [4.78, 5) is 12.1. The van der Waals surface area contributed by atoms with Crippen molar-refractivity contribution >= 4 is 15.9 Å². The molecule has 2 aromatic rings. The maximum atomic E-state index is 13.1. The first kappa shape index (κ1) is 17.5. The van der Waals surface area contributed by atoms with E-state index < -0.39 is 27.6 Å². The predicted molar refractivity (Wildman–Crippen MR) is 87.3 cm³/mol. The predicted octanol–water partition coefficient (Wildman–Crippen LogP) is 2.34. The lowest BCUT2D eigenvalue weighted by molar-refractivity contribution is 0.0950. The number of sulfonamides is 1. The van der Waals surface area contributed by atoms with Gasteiger partial charge in [-0.05, 0) is 48.7 Å². The van der Waals surface area contributed by atoms with Gasteiger partial charge in [-0.25, -0.2) is 21.9 Å². The van der Waals surface area contributed by atoms with Crippen molar-refractivity contribution in [1.82, 2.24) is 10.0 Å². The molecule has 5 nitrogen and oxygen atoms in total. The van der Waals surface area contributed by atoms with E-state index >= 15 is 0 Å². The molecule has 25 heavy (non-hydrogen) atoms. The number of rotatable bonds is 6. The second-order valence-electron chi connectivity index (χ2n) is 5.85. The molecule has 3 rings (SSSR count). The Hall–Kier alpha value is -2.32. The molecule has 0 saturated heterocycles. The van der Waals surface area contributed by atoms with Crippen molar-refractivity contribution in [2.45, 2.75) is 30.3 Å². The van der Waals surface area contributed by atoms with Crippen LogP contribution in [0, 0.1) is 11.6 Å². The minimum atomic E-state index is -3.51. The van der Waals surface area contributed by atoms with E-state index in [1.807, 2.05) is 0 Å². The van der Waals surface area contributed by atoms with E-state index in [0.29, 0.717) is 5.56 Å². The summed E-state index contributed by atoms with van der Waals surface area (Å²) in [5, 5.41) is 2.57. The van der Waals surface area contributed by atoms with Crippen LogP contribution in [0.2, 0.25) is 0 Å². The molecule has 132 valence electrons. The average molecular weight is 366 g/mol. The Bertz CT molecular complexity index is 895. The smallest absolute Gasteiger partial charge is 0.251 e. The van der Waals surface area contributed by atoms with Gasteiger partial charge in [0, 0.05) is 18.2 Å². The molecular weight excluding hydrogens is 350 g/mol. The molecule has 0 heterocycles. The normalized spacial score (nSPS) is 14.3. The molecule has 0 bridgehead atoms. The molecule has 0 aromatic heterocycles. The van der Waals surface area contributed by atoms with Crippen LogP contribution in [-0.4, -0.2) is 20.4 Å². The molecular formula is C17H16F2N2O3S. The first-order valence-corrected chi connectivity index (χ1v) is 9.18. The molecule has 1 amide bonds. The van der Waals surface area contributed by atoms with Crippen molar-refractivity contribution in [3.8, 4) is 0 Å². The van der Waals surface area contributed by atoms with E-state index in [9.17, 15) is 22.0 Å². The molecule has 0 unspecified atom stereocenters. The average Bonchev–Trinajstić information content (AvgIpc) is 3.39. The SMILES string of the molecule is O=C(NCc1ccc(S(=O)(=O)NC2CC2)cc1)c1ccc(F)c(F)c1. The fourth-order valence-electron chi connectivity index (χ4n) is 2.20. The van der Waals surface area contributed by atoms with Crippen LogP contribution in [0.25, 0.3) is 0 Å². The second kappa shape index (κ2) is 6.89. The summed E-state index contributed by atoms with van der Waals surface area (Å²) >= 11 is 0. The van der Waals surface area contributed by atoms with E-state index in [2.05, 4.69) is 10.0 Å². The zero-order valence-electron chi connectivity index (χ0n) is 13.1. The van der Waals surface area contributed by atoms with Crippen LogP contribution < -0.4 is 10.0 Å². The van der Waals surface area contributed by atoms with Crippen molar-refractivity contribution in [3.63, 3.8) is 0 Å². The number of nitrogens with one attached hydrogen (secondary N) is 2. The Morgan fingerprint density at radius 1 is 1.04 bits per heavy atom. The van der Waals surface area contributed by atoms with Gasteiger partial charge in [0.25, 0.3) is 5.91 Å². The lowest BCUT2D eigenvalue weighted by Crippen LogP contribution is -2.26. The molecule has 1 aliphatic rings. The summed E-state index contributed by atoms with van der Waals surface area (Å²) in [5.74, 6) is -2.66. The number of halogens is 2. The standard InChI is InChI=1S/C17H16F2N2O3S/c18-15-8-3-12(9-16(15)19)17(22)20-10-11-1-6-14(7-2-11)25(23,24)21-13-4-5-13/h1-3,6-9,13,21H,4-5,10H2,(H,20,22). The highest BCUT2D eigenvalue weighted by atomic mass is 32.2. The Balaban J connectivity index is 1.61. The fourth-order valence-corrected chi connectivity index (χ4v) is 3.50. The van der Waals surface area contributed by atoms with Crippen LogP contribution in [0.1, 0.15) is 28.8 Å². The molecule has 1 saturated carbocycles. The van der Waals surface area contributed by atoms with Gasteiger partial charge in [0.05, 0.1) is 4.90 Å². The first-order chi connectivity index (χ1) is 11.8. The van der Waals surface area contributed by atoms with Gasteiger partial charge in [-0.15, -0.1) is 0 Å². The van der Waals surface area contributed by atoms with E-state index in [1.54, 1.807) is 12.1 Å². The summed E-state index contributed by atoms with van der Waals surface area (Å²) in [6.07, 6.45) is 1.71. The molecule has 0 atom stereocenters. The van der Waals surface area contributed by atoms with E-state index in [1.165, 1.54) is 18.2 Å². The highest BCUT2D eigenvalue weighted by molar-refractivity contribution is 7.89. The van der Waals surface area contributed by atoms with Crippen LogP contribution in [0.4, 0.5) is 8.78 Å². The van der Waals surface area contributed by atoms with Crippen LogP contribution in [0.5, 0.6) is 0 Å². The third-order valence-electron chi connectivity index (χ3n) is 3.77. The highest BCUT2D eigenvalue weighted by Gasteiger charge is 2.27. The van der Waals surface area contributed by atoms with Crippen LogP contribution in [0.15, 0.2) is 47.4 Å². The topological polar surface area (TPSA) is 75.3 Å². The van der Waals surface area contributed by atoms with Crippen molar-refractivity contribution < 1.29 is 22.0 Å². The van der Waals surface area contributed by atoms with Crippen molar-refractivity contribution in [1.29, 1.82) is 0 Å². The summed E-state index contributed by atoms with van der Waals surface area (Å²) in [5.41, 5.74) is 0.688. The Kier molecular flexibility index (Phi) is 4.82. The molecule has 8 heteroatoms. The molecule has 1 fully saturated rings. The Morgan fingerprint density at radius 2 is 1.72 bits per heavy atom. The maximum absolute atomic E-state index is 13.1. The minimum Gasteiger partial charge on any atom is -0.348 e. The molecule has 0 aliphatic heterocycles. The van der Waals surface area contributed by atoms with Gasteiger partial charge in [-0.1, -0.05) is 12.1 Å². The summed E-state index contributed by atoms with van der Waals surface area (Å²) < 4.78 is 52.7. The van der Waals surface area contributed by atoms with Gasteiger partial charge < -0.3 is 5.32 Å². The first-order valence-electron chi connectivity index (χ1n) is 7.70. The van der Waals surface area contributed by atoms with Gasteiger partial charge in [0.2, 0.25) is 10.0 Å². The third-order valence-corrected chi connectivity index (χ3v) is 5.30. The summed E-state index contributed by atoms with van der Waals surface area (Å²) in [6, 6.07) is 9.03. The summed E-state index contributed by atoms with van der Waals surface area (Å²) in [6.45, 7) is 0.133. The largest absolute Gasteiger partial charge is 0.348 e. The Labute approximate surface area is 144 Å². The molecule has 1 aliphatic carbocycles. The van der Waals surface area contributed by atoms with Crippen molar-refractivity contribution in [2.24, 2.45) is 0 Å². The Morgan fingerprint density at radius 3 is 2.32 bits per heavy atom. The van der Waals surface area contributed by atoms with E-state index in [4.69, 9.17) is 0 Å². The monoisotopic (exact) mass is 366 g/mol. The second-order valence-corrected chi connectivity index (χ2v) is 7.57. The van der Waals surface area contributed by atoms with Crippen molar-refractivity contribution in [2.75, 3.05) is 0 Å². The molecule has 0 spiro atoms. The fraction of sp³-hybridized carbons (Fsp3) is 0.235. The zero-order chi connectivity index (χ0) is 18.0. The number of hydrogen-bond donors (Lipinski definition) is 2. The van der Waals surface area contributed by atoms with Gasteiger partial charge in [-0.2, -0.15) is 0 Å². The van der Waals surface area contributed by atoms with Gasteiger partial charge >= 0.3 is 0 Å². The molecule has 0 radical (unpaired) electrons. The molecule has 2 N–H and O–H groups in total. The lowest BCUT2D eigenvalue weighted by Gasteiger charge is -2.08.